The maximum absolute atomic E-state index is 13.6. The molecule has 0 aromatic carbocycles. The van der Waals surface area contributed by atoms with E-state index >= 15 is 0 Å². The molecule has 1 aliphatic rings. The van der Waals surface area contributed by atoms with E-state index in [9.17, 15) is 28.0 Å². The summed E-state index contributed by atoms with van der Waals surface area (Å²) < 4.78 is 42.9. The fraction of sp³-hybridized carbons (Fsp3) is 0.818. The number of halogens is 2. The van der Waals surface area contributed by atoms with Crippen LogP contribution in [0, 0.1) is 11.3 Å². The fourth-order valence-electron chi connectivity index (χ4n) is 3.33. The van der Waals surface area contributed by atoms with Crippen molar-refractivity contribution >= 4 is 23.7 Å². The van der Waals surface area contributed by atoms with Crippen molar-refractivity contribution < 1.29 is 42.2 Å². The average molecular weight is 449 g/mol. The minimum absolute atomic E-state index is 0.0403. The second-order valence-corrected chi connectivity index (χ2v) is 9.89. The van der Waals surface area contributed by atoms with E-state index in [1.165, 1.54) is 6.92 Å². The first kappa shape index (κ1) is 27.0. The Hall–Kier alpha value is -2.06. The predicted molar refractivity (Wildman–Crippen MR) is 107 cm³/mol. The molecule has 1 aliphatic carbocycles. The van der Waals surface area contributed by atoms with Crippen molar-refractivity contribution in [2.75, 3.05) is 6.61 Å². The Morgan fingerprint density at radius 1 is 0.871 bits per heavy atom. The molecule has 0 amide bonds. The summed E-state index contributed by atoms with van der Waals surface area (Å²) in [5, 5.41) is 0. The zero-order chi connectivity index (χ0) is 24.3. The molecule has 31 heavy (non-hydrogen) atoms. The largest absolute Gasteiger partial charge is 0.466 e. The fourth-order valence-corrected chi connectivity index (χ4v) is 3.33. The van der Waals surface area contributed by atoms with Gasteiger partial charge >= 0.3 is 17.9 Å². The second kappa shape index (κ2) is 9.61. The molecule has 178 valence electrons. The minimum atomic E-state index is -2.92. The Labute approximate surface area is 182 Å². The van der Waals surface area contributed by atoms with E-state index in [1.54, 1.807) is 41.5 Å². The number of ketones is 1. The van der Waals surface area contributed by atoms with Gasteiger partial charge in [-0.25, -0.2) is 8.78 Å². The van der Waals surface area contributed by atoms with Gasteiger partial charge < -0.3 is 14.2 Å². The molecule has 0 aromatic heterocycles. The van der Waals surface area contributed by atoms with Crippen LogP contribution < -0.4 is 0 Å². The third-order valence-corrected chi connectivity index (χ3v) is 4.72. The van der Waals surface area contributed by atoms with Crippen molar-refractivity contribution in [1.29, 1.82) is 0 Å². The first-order chi connectivity index (χ1) is 13.9. The molecule has 7 nitrogen and oxygen atoms in total. The highest BCUT2D eigenvalue weighted by Gasteiger charge is 2.60. The summed E-state index contributed by atoms with van der Waals surface area (Å²) in [6, 6.07) is 0. The number of esters is 3. The van der Waals surface area contributed by atoms with Crippen LogP contribution in [0.5, 0.6) is 0 Å². The Balaban J connectivity index is 3.52. The maximum Gasteiger partial charge on any atom is 0.332 e. The Bertz CT molecular complexity index is 664. The SMILES string of the molecule is CCOC(=O)CC(C(=O)OC(C)(C)C)(C(=O)OC(C)(C)C)C(=O)C1CCC(F)(F)CC1. The monoisotopic (exact) mass is 448 g/mol. The molecule has 1 rings (SSSR count). The molecular formula is C22H34F2O7. The number of hydrogen-bond acceptors (Lipinski definition) is 7. The van der Waals surface area contributed by atoms with Gasteiger partial charge in [-0.1, -0.05) is 0 Å². The van der Waals surface area contributed by atoms with E-state index in [0.29, 0.717) is 0 Å². The lowest BCUT2D eigenvalue weighted by Crippen LogP contribution is -2.55. The minimum Gasteiger partial charge on any atom is -0.466 e. The van der Waals surface area contributed by atoms with Gasteiger partial charge in [0, 0.05) is 18.8 Å². The van der Waals surface area contributed by atoms with Gasteiger partial charge in [0.2, 0.25) is 11.3 Å². The third kappa shape index (κ3) is 7.54. The predicted octanol–water partition coefficient (Wildman–Crippen LogP) is 4.00. The first-order valence-corrected chi connectivity index (χ1v) is 10.5. The van der Waals surface area contributed by atoms with Crippen LogP contribution in [-0.2, 0) is 33.4 Å². The van der Waals surface area contributed by atoms with Crippen molar-refractivity contribution in [2.45, 2.75) is 97.7 Å². The number of alkyl halides is 2. The quantitative estimate of drug-likeness (QED) is 0.330. The second-order valence-electron chi connectivity index (χ2n) is 9.89. The smallest absolute Gasteiger partial charge is 0.332 e. The zero-order valence-electron chi connectivity index (χ0n) is 19.4. The Kier molecular flexibility index (Phi) is 8.36. The van der Waals surface area contributed by atoms with Crippen molar-refractivity contribution in [2.24, 2.45) is 11.3 Å². The van der Waals surface area contributed by atoms with Crippen molar-refractivity contribution in [3.63, 3.8) is 0 Å². The van der Waals surface area contributed by atoms with Gasteiger partial charge in [0.25, 0.3) is 0 Å². The molecular weight excluding hydrogens is 414 g/mol. The molecule has 0 aliphatic heterocycles. The van der Waals surface area contributed by atoms with Crippen LogP contribution in [-0.4, -0.2) is 47.4 Å². The maximum atomic E-state index is 13.6. The number of hydrogen-bond donors (Lipinski definition) is 0. The molecule has 0 unspecified atom stereocenters. The molecule has 0 bridgehead atoms. The van der Waals surface area contributed by atoms with Gasteiger partial charge in [-0.2, -0.15) is 0 Å². The van der Waals surface area contributed by atoms with E-state index in [-0.39, 0.29) is 19.4 Å². The van der Waals surface area contributed by atoms with Crippen LogP contribution in [0.4, 0.5) is 8.78 Å². The lowest BCUT2D eigenvalue weighted by Gasteiger charge is -2.36. The number of carbonyl (C=O) groups excluding carboxylic acids is 4. The molecule has 0 aromatic rings. The Morgan fingerprint density at radius 2 is 1.29 bits per heavy atom. The Morgan fingerprint density at radius 3 is 1.65 bits per heavy atom. The summed E-state index contributed by atoms with van der Waals surface area (Å²) in [7, 11) is 0. The number of Topliss-reactive ketones (excluding diaryl/α,β-unsaturated/α-hetero) is 1. The molecule has 0 atom stereocenters. The van der Waals surface area contributed by atoms with Crippen LogP contribution in [0.3, 0.4) is 0 Å². The topological polar surface area (TPSA) is 96.0 Å². The molecule has 9 heteroatoms. The zero-order valence-corrected chi connectivity index (χ0v) is 19.4. The van der Waals surface area contributed by atoms with E-state index in [1.807, 2.05) is 0 Å². The molecule has 0 radical (unpaired) electrons. The van der Waals surface area contributed by atoms with Crippen LogP contribution in [0.15, 0.2) is 0 Å². The van der Waals surface area contributed by atoms with E-state index < -0.39 is 71.4 Å². The summed E-state index contributed by atoms with van der Waals surface area (Å²) in [5.74, 6) is -8.34. The standard InChI is InChI=1S/C22H34F2O7/c1-8-29-15(25)13-22(17(27)30-19(2,3)4,18(28)31-20(5,6)7)16(26)14-9-11-21(23,24)12-10-14/h14H,8-13H2,1-7H3. The number of rotatable bonds is 7. The summed E-state index contributed by atoms with van der Waals surface area (Å²) >= 11 is 0. The van der Waals surface area contributed by atoms with Crippen molar-refractivity contribution in [3.8, 4) is 0 Å². The van der Waals surface area contributed by atoms with E-state index in [0.717, 1.165) is 0 Å². The molecule has 0 heterocycles. The summed E-state index contributed by atoms with van der Waals surface area (Å²) in [6.45, 7) is 10.7. The molecule has 1 fully saturated rings. The third-order valence-electron chi connectivity index (χ3n) is 4.72. The van der Waals surface area contributed by atoms with Gasteiger partial charge in [0.1, 0.15) is 11.2 Å². The highest BCUT2D eigenvalue weighted by Crippen LogP contribution is 2.42. The summed E-state index contributed by atoms with van der Waals surface area (Å²) in [6.07, 6.45) is -2.47. The number of carbonyl (C=O) groups is 4. The molecule has 1 saturated carbocycles. The average Bonchev–Trinajstić information content (AvgIpc) is 2.56. The lowest BCUT2D eigenvalue weighted by atomic mass is 9.70. The lowest BCUT2D eigenvalue weighted by molar-refractivity contribution is -0.191. The van der Waals surface area contributed by atoms with Crippen molar-refractivity contribution in [3.05, 3.63) is 0 Å². The van der Waals surface area contributed by atoms with Crippen LogP contribution >= 0.6 is 0 Å². The van der Waals surface area contributed by atoms with E-state index in [2.05, 4.69) is 0 Å². The molecule has 0 spiro atoms. The highest BCUT2D eigenvalue weighted by molar-refractivity contribution is 6.22. The van der Waals surface area contributed by atoms with Gasteiger partial charge in [0.05, 0.1) is 13.0 Å². The normalized spacial score (nSPS) is 17.6. The van der Waals surface area contributed by atoms with E-state index in [4.69, 9.17) is 14.2 Å². The molecule has 0 N–H and O–H groups in total. The first-order valence-electron chi connectivity index (χ1n) is 10.5. The van der Waals surface area contributed by atoms with Gasteiger partial charge in [-0.3, -0.25) is 19.2 Å². The van der Waals surface area contributed by atoms with Crippen LogP contribution in [0.25, 0.3) is 0 Å². The van der Waals surface area contributed by atoms with Gasteiger partial charge in [-0.05, 0) is 61.3 Å². The van der Waals surface area contributed by atoms with Crippen LogP contribution in [0.2, 0.25) is 0 Å². The van der Waals surface area contributed by atoms with Gasteiger partial charge in [-0.15, -0.1) is 0 Å². The number of ether oxygens (including phenoxy) is 3. The summed E-state index contributed by atoms with van der Waals surface area (Å²) in [5.41, 5.74) is -4.80. The van der Waals surface area contributed by atoms with Crippen molar-refractivity contribution in [1.82, 2.24) is 0 Å². The van der Waals surface area contributed by atoms with Crippen LogP contribution in [0.1, 0.15) is 80.6 Å². The molecule has 0 saturated heterocycles. The van der Waals surface area contributed by atoms with Gasteiger partial charge in [0.15, 0.2) is 5.78 Å². The highest BCUT2D eigenvalue weighted by atomic mass is 19.3. The summed E-state index contributed by atoms with van der Waals surface area (Å²) in [4.78, 5) is 52.5.